The fourth-order valence-corrected chi connectivity index (χ4v) is 3.86. The first-order valence-electron chi connectivity index (χ1n) is 9.70. The van der Waals surface area contributed by atoms with Crippen LogP contribution in [0.5, 0.6) is 0 Å². The second kappa shape index (κ2) is 9.00. The van der Waals surface area contributed by atoms with Crippen molar-refractivity contribution in [3.63, 3.8) is 0 Å². The predicted octanol–water partition coefficient (Wildman–Crippen LogP) is 3.67. The van der Waals surface area contributed by atoms with E-state index in [1.54, 1.807) is 0 Å². The second-order valence-electron chi connectivity index (χ2n) is 7.35. The molecule has 0 radical (unpaired) electrons. The van der Waals surface area contributed by atoms with Crippen LogP contribution in [0.4, 0.5) is 0 Å². The molecular formula is C22H29N3O2. The molecule has 1 fully saturated rings. The van der Waals surface area contributed by atoms with E-state index in [9.17, 15) is 4.79 Å². The van der Waals surface area contributed by atoms with Gasteiger partial charge in [-0.2, -0.15) is 5.10 Å². The van der Waals surface area contributed by atoms with Gasteiger partial charge in [-0.1, -0.05) is 42.5 Å². The average Bonchev–Trinajstić information content (AvgIpc) is 3.08. The maximum absolute atomic E-state index is 12.9. The standard InChI is InChI=1S/C22H29N3O2/c1-3-27-21(26)22(12-7-11-19-9-5-4-6-10-19)13-8-14-25(18-22)17-20-15-23-24(2)16-20/h4-7,9-11,15-16H,3,8,12-14,17-18H2,1-2H3/b11-7+/t22-/m1/s1. The first kappa shape index (κ1) is 19.4. The Morgan fingerprint density at radius 1 is 1.33 bits per heavy atom. The Bertz CT molecular complexity index is 769. The average molecular weight is 367 g/mol. The smallest absolute Gasteiger partial charge is 0.313 e. The van der Waals surface area contributed by atoms with Crippen LogP contribution in [0.3, 0.4) is 0 Å². The molecule has 1 saturated heterocycles. The van der Waals surface area contributed by atoms with E-state index in [1.807, 2.05) is 49.2 Å². The van der Waals surface area contributed by atoms with Crippen LogP contribution in [0, 0.1) is 5.41 Å². The van der Waals surface area contributed by atoms with E-state index in [2.05, 4.69) is 34.3 Å². The highest BCUT2D eigenvalue weighted by atomic mass is 16.5. The quantitative estimate of drug-likeness (QED) is 0.701. The Balaban J connectivity index is 1.73. The van der Waals surface area contributed by atoms with Gasteiger partial charge in [0.15, 0.2) is 0 Å². The van der Waals surface area contributed by atoms with Crippen molar-refractivity contribution in [2.75, 3.05) is 19.7 Å². The number of ether oxygens (including phenoxy) is 1. The number of nitrogens with zero attached hydrogens (tertiary/aromatic N) is 3. The normalized spacial score (nSPS) is 20.8. The summed E-state index contributed by atoms with van der Waals surface area (Å²) in [5.74, 6) is -0.0707. The molecule has 5 heteroatoms. The number of allylic oxidation sites excluding steroid dienone is 1. The van der Waals surface area contributed by atoms with Crippen LogP contribution in [0.2, 0.25) is 0 Å². The van der Waals surface area contributed by atoms with Crippen LogP contribution in [-0.2, 0) is 23.1 Å². The number of carbonyl (C=O) groups is 1. The number of aryl methyl sites for hydroxylation is 1. The lowest BCUT2D eigenvalue weighted by Crippen LogP contribution is -2.48. The summed E-state index contributed by atoms with van der Waals surface area (Å²) in [6, 6.07) is 10.2. The van der Waals surface area contributed by atoms with Gasteiger partial charge in [0.2, 0.25) is 0 Å². The third kappa shape index (κ3) is 5.07. The van der Waals surface area contributed by atoms with E-state index in [0.717, 1.165) is 38.0 Å². The van der Waals surface area contributed by atoms with Crippen molar-refractivity contribution in [2.24, 2.45) is 12.5 Å². The van der Waals surface area contributed by atoms with Gasteiger partial charge in [-0.15, -0.1) is 0 Å². The molecule has 0 N–H and O–H groups in total. The van der Waals surface area contributed by atoms with Crippen molar-refractivity contribution in [1.29, 1.82) is 0 Å². The minimum Gasteiger partial charge on any atom is -0.466 e. The maximum Gasteiger partial charge on any atom is 0.313 e. The van der Waals surface area contributed by atoms with E-state index in [0.29, 0.717) is 13.0 Å². The Labute approximate surface area is 161 Å². The second-order valence-corrected chi connectivity index (χ2v) is 7.35. The summed E-state index contributed by atoms with van der Waals surface area (Å²) in [5, 5.41) is 4.25. The van der Waals surface area contributed by atoms with Crippen LogP contribution >= 0.6 is 0 Å². The first-order valence-corrected chi connectivity index (χ1v) is 9.70. The third-order valence-electron chi connectivity index (χ3n) is 5.15. The van der Waals surface area contributed by atoms with Crippen LogP contribution < -0.4 is 0 Å². The van der Waals surface area contributed by atoms with Crippen LogP contribution in [0.25, 0.3) is 6.08 Å². The fraction of sp³-hybridized carbons (Fsp3) is 0.455. The number of carbonyl (C=O) groups excluding carboxylic acids is 1. The lowest BCUT2D eigenvalue weighted by atomic mass is 9.76. The highest BCUT2D eigenvalue weighted by Gasteiger charge is 2.42. The lowest BCUT2D eigenvalue weighted by Gasteiger charge is -2.40. The molecule has 0 aliphatic carbocycles. The Kier molecular flexibility index (Phi) is 6.45. The van der Waals surface area contributed by atoms with Crippen molar-refractivity contribution >= 4 is 12.0 Å². The van der Waals surface area contributed by atoms with Gasteiger partial charge in [-0.3, -0.25) is 14.4 Å². The number of hydrogen-bond donors (Lipinski definition) is 0. The molecule has 0 amide bonds. The zero-order valence-corrected chi connectivity index (χ0v) is 16.3. The van der Waals surface area contributed by atoms with Crippen molar-refractivity contribution < 1.29 is 9.53 Å². The molecule has 2 aromatic rings. The summed E-state index contributed by atoms with van der Waals surface area (Å²) < 4.78 is 7.29. The number of esters is 1. The Hall–Kier alpha value is -2.40. The number of rotatable bonds is 7. The van der Waals surface area contributed by atoms with E-state index in [1.165, 1.54) is 5.56 Å². The number of aromatic nitrogens is 2. The molecule has 1 aliphatic rings. The molecule has 1 aliphatic heterocycles. The number of benzene rings is 1. The van der Waals surface area contributed by atoms with E-state index in [4.69, 9.17) is 4.74 Å². The number of hydrogen-bond acceptors (Lipinski definition) is 4. The minimum atomic E-state index is -0.470. The Morgan fingerprint density at radius 2 is 2.15 bits per heavy atom. The predicted molar refractivity (Wildman–Crippen MR) is 107 cm³/mol. The molecule has 1 aromatic heterocycles. The summed E-state index contributed by atoms with van der Waals surface area (Å²) >= 11 is 0. The Morgan fingerprint density at radius 3 is 2.85 bits per heavy atom. The molecule has 0 bridgehead atoms. The van der Waals surface area contributed by atoms with E-state index >= 15 is 0 Å². The first-order chi connectivity index (χ1) is 13.1. The summed E-state index contributed by atoms with van der Waals surface area (Å²) in [7, 11) is 1.93. The van der Waals surface area contributed by atoms with Crippen molar-refractivity contribution in [3.05, 3.63) is 59.9 Å². The van der Waals surface area contributed by atoms with E-state index in [-0.39, 0.29) is 5.97 Å². The van der Waals surface area contributed by atoms with Crippen molar-refractivity contribution in [2.45, 2.75) is 32.7 Å². The van der Waals surface area contributed by atoms with Gasteiger partial charge in [-0.05, 0) is 38.3 Å². The van der Waals surface area contributed by atoms with Crippen LogP contribution in [-0.4, -0.2) is 40.3 Å². The molecule has 2 heterocycles. The minimum absolute atomic E-state index is 0.0707. The summed E-state index contributed by atoms with van der Waals surface area (Å²) in [4.78, 5) is 15.2. The van der Waals surface area contributed by atoms with Crippen molar-refractivity contribution in [3.8, 4) is 0 Å². The summed E-state index contributed by atoms with van der Waals surface area (Å²) in [5.41, 5.74) is 1.86. The molecule has 0 spiro atoms. The SMILES string of the molecule is CCOC(=O)[C@]1(C/C=C/c2ccccc2)CCCN(Cc2cnn(C)c2)C1. The maximum atomic E-state index is 12.9. The zero-order chi connectivity index (χ0) is 19.1. The van der Waals surface area contributed by atoms with E-state index < -0.39 is 5.41 Å². The molecule has 5 nitrogen and oxygen atoms in total. The fourth-order valence-electron chi connectivity index (χ4n) is 3.86. The van der Waals surface area contributed by atoms with Gasteiger partial charge in [0, 0.05) is 31.9 Å². The van der Waals surface area contributed by atoms with Gasteiger partial charge < -0.3 is 4.74 Å². The van der Waals surface area contributed by atoms with Gasteiger partial charge in [0.25, 0.3) is 0 Å². The molecule has 1 aromatic carbocycles. The monoisotopic (exact) mass is 367 g/mol. The highest BCUT2D eigenvalue weighted by Crippen LogP contribution is 2.36. The zero-order valence-electron chi connectivity index (χ0n) is 16.3. The van der Waals surface area contributed by atoms with Gasteiger partial charge in [-0.25, -0.2) is 0 Å². The lowest BCUT2D eigenvalue weighted by molar-refractivity contribution is -0.159. The van der Waals surface area contributed by atoms with Crippen molar-refractivity contribution in [1.82, 2.24) is 14.7 Å². The molecule has 0 unspecified atom stereocenters. The third-order valence-corrected chi connectivity index (χ3v) is 5.15. The molecular weight excluding hydrogens is 338 g/mol. The molecule has 27 heavy (non-hydrogen) atoms. The molecule has 1 atom stereocenters. The highest BCUT2D eigenvalue weighted by molar-refractivity contribution is 5.77. The van der Waals surface area contributed by atoms with Gasteiger partial charge in [0.1, 0.15) is 0 Å². The topological polar surface area (TPSA) is 47.4 Å². The summed E-state index contributed by atoms with van der Waals surface area (Å²) in [6.45, 7) is 4.84. The largest absolute Gasteiger partial charge is 0.466 e. The van der Waals surface area contributed by atoms with Crippen LogP contribution in [0.15, 0.2) is 48.8 Å². The summed E-state index contributed by atoms with van der Waals surface area (Å²) in [6.07, 6.45) is 10.7. The number of piperidine rings is 1. The molecule has 0 saturated carbocycles. The number of likely N-dealkylation sites (tertiary alicyclic amines) is 1. The van der Waals surface area contributed by atoms with Gasteiger partial charge in [0.05, 0.1) is 18.2 Å². The van der Waals surface area contributed by atoms with Crippen LogP contribution in [0.1, 0.15) is 37.3 Å². The molecule has 144 valence electrons. The molecule has 3 rings (SSSR count). The van der Waals surface area contributed by atoms with Gasteiger partial charge >= 0.3 is 5.97 Å².